The number of carbonyl (C=O) groups excluding carboxylic acids is 1. The zero-order valence-corrected chi connectivity index (χ0v) is 15.1. The van der Waals surface area contributed by atoms with Gasteiger partial charge in [-0.25, -0.2) is 9.97 Å². The highest BCUT2D eigenvalue weighted by atomic mass is 35.5. The number of fused-ring (bicyclic) bond motifs is 2. The first kappa shape index (κ1) is 16.8. The largest absolute Gasteiger partial charge is 0.397 e. The molecule has 0 bridgehead atoms. The lowest BCUT2D eigenvalue weighted by molar-refractivity contribution is 0.0871. The second-order valence-corrected chi connectivity index (χ2v) is 6.86. The van der Waals surface area contributed by atoms with E-state index in [4.69, 9.17) is 16.4 Å². The van der Waals surface area contributed by atoms with Crippen LogP contribution < -0.4 is 16.1 Å². The second-order valence-electron chi connectivity index (χ2n) is 6.45. The molecule has 0 unspecified atom stereocenters. The third-order valence-electron chi connectivity index (χ3n) is 4.87. The summed E-state index contributed by atoms with van der Waals surface area (Å²) in [5.74, 6) is 0.414. The Morgan fingerprint density at radius 1 is 1.38 bits per heavy atom. The van der Waals surface area contributed by atoms with E-state index in [0.717, 1.165) is 32.1 Å². The zero-order chi connectivity index (χ0) is 18.1. The third-order valence-corrected chi connectivity index (χ3v) is 5.15. The Morgan fingerprint density at radius 3 is 2.88 bits per heavy atom. The van der Waals surface area contributed by atoms with Crippen molar-refractivity contribution in [2.75, 3.05) is 12.4 Å². The van der Waals surface area contributed by atoms with E-state index in [1.807, 2.05) is 4.57 Å². The minimum absolute atomic E-state index is 0.182. The van der Waals surface area contributed by atoms with Crippen LogP contribution in [0.5, 0.6) is 0 Å². The second kappa shape index (κ2) is 6.60. The number of nitrogens with zero attached hydrogens (tertiary/aromatic N) is 4. The zero-order valence-electron chi connectivity index (χ0n) is 14.3. The van der Waals surface area contributed by atoms with E-state index in [9.17, 15) is 4.79 Å². The highest BCUT2D eigenvalue weighted by molar-refractivity contribution is 6.34. The van der Waals surface area contributed by atoms with Crippen molar-refractivity contribution in [3.05, 3.63) is 40.9 Å². The molecule has 1 aliphatic heterocycles. The fourth-order valence-corrected chi connectivity index (χ4v) is 4.08. The molecule has 2 aromatic heterocycles. The summed E-state index contributed by atoms with van der Waals surface area (Å²) in [5.41, 5.74) is 1.01. The fraction of sp³-hybridized carbons (Fsp3) is 0.412. The summed E-state index contributed by atoms with van der Waals surface area (Å²) in [5, 5.41) is 10.9. The summed E-state index contributed by atoms with van der Waals surface area (Å²) < 4.78 is 1.89. The minimum atomic E-state index is -0.519. The van der Waals surface area contributed by atoms with Gasteiger partial charge in [-0.15, -0.1) is 0 Å². The number of hydrogen-bond donors (Lipinski definition) is 2. The molecule has 1 amide bonds. The molecule has 0 radical (unpaired) electrons. The number of halogens is 1. The van der Waals surface area contributed by atoms with Crippen molar-refractivity contribution < 1.29 is 9.63 Å². The molecule has 0 aromatic carbocycles. The number of aromatic nitrogens is 3. The van der Waals surface area contributed by atoms with Crippen molar-refractivity contribution in [1.29, 1.82) is 0 Å². The molecule has 8 nitrogen and oxygen atoms in total. The van der Waals surface area contributed by atoms with E-state index in [0.29, 0.717) is 27.7 Å². The van der Waals surface area contributed by atoms with Gasteiger partial charge in [-0.05, 0) is 37.8 Å². The molecule has 1 spiro atoms. The lowest BCUT2D eigenvalue weighted by Crippen LogP contribution is -2.49. The molecule has 0 atom stereocenters. The molecule has 2 aliphatic rings. The van der Waals surface area contributed by atoms with Crippen LogP contribution in [-0.2, 0) is 10.5 Å². The number of pyridine rings is 1. The van der Waals surface area contributed by atoms with E-state index in [1.165, 1.54) is 13.4 Å². The Bertz CT molecular complexity index is 905. The van der Waals surface area contributed by atoms with Crippen molar-refractivity contribution in [3.8, 4) is 0 Å². The standard InChI is InChI=1S/C17H19ClN6O2/c1-26-23-15-12(21-13-5-8-19-10-20-13)9-11(18)14-16(25)22-17(24(14)15)6-3-2-4-7-17/h5,8-10H,2-4,6-7H2,1H3,(H,22,25)(H,19,20,21)/b23-15-. The van der Waals surface area contributed by atoms with Crippen LogP contribution in [0, 0.1) is 0 Å². The monoisotopic (exact) mass is 374 g/mol. The minimum Gasteiger partial charge on any atom is -0.397 e. The van der Waals surface area contributed by atoms with Gasteiger partial charge in [0.15, 0.2) is 5.49 Å². The first-order valence-electron chi connectivity index (χ1n) is 8.53. The molecular weight excluding hydrogens is 356 g/mol. The number of hydrogen-bond acceptors (Lipinski definition) is 6. The molecule has 0 saturated heterocycles. The van der Waals surface area contributed by atoms with Crippen LogP contribution in [0.2, 0.25) is 5.02 Å². The Kier molecular flexibility index (Phi) is 4.28. The first-order valence-corrected chi connectivity index (χ1v) is 8.91. The van der Waals surface area contributed by atoms with Gasteiger partial charge in [0.05, 0.1) is 10.7 Å². The van der Waals surface area contributed by atoms with Crippen molar-refractivity contribution in [1.82, 2.24) is 19.9 Å². The molecule has 3 heterocycles. The Morgan fingerprint density at radius 2 is 2.19 bits per heavy atom. The van der Waals surface area contributed by atoms with Crippen LogP contribution in [0.15, 0.2) is 29.8 Å². The van der Waals surface area contributed by atoms with Crippen LogP contribution in [0.1, 0.15) is 42.6 Å². The maximum atomic E-state index is 12.6. The Labute approximate surface area is 155 Å². The smallest absolute Gasteiger partial charge is 0.271 e. The van der Waals surface area contributed by atoms with Crippen LogP contribution >= 0.6 is 11.6 Å². The molecule has 1 fully saturated rings. The molecule has 4 rings (SSSR count). The summed E-state index contributed by atoms with van der Waals surface area (Å²) in [7, 11) is 1.48. The third kappa shape index (κ3) is 2.70. The van der Waals surface area contributed by atoms with Crippen LogP contribution in [0.3, 0.4) is 0 Å². The number of nitrogens with one attached hydrogen (secondary N) is 2. The lowest BCUT2D eigenvalue weighted by atomic mass is 9.89. The van der Waals surface area contributed by atoms with E-state index in [-0.39, 0.29) is 5.91 Å². The predicted molar refractivity (Wildman–Crippen MR) is 95.9 cm³/mol. The van der Waals surface area contributed by atoms with E-state index >= 15 is 0 Å². The van der Waals surface area contributed by atoms with Gasteiger partial charge < -0.3 is 15.5 Å². The molecule has 2 N–H and O–H groups in total. The number of carbonyl (C=O) groups is 1. The van der Waals surface area contributed by atoms with Gasteiger partial charge in [-0.1, -0.05) is 23.2 Å². The lowest BCUT2D eigenvalue weighted by Gasteiger charge is -2.36. The molecule has 9 heteroatoms. The first-order chi connectivity index (χ1) is 12.6. The van der Waals surface area contributed by atoms with Crippen molar-refractivity contribution in [3.63, 3.8) is 0 Å². The SMILES string of the molecule is CO/N=c1/c(Nc2ccncn2)cc(Cl)c2n1C1(CCCCC1)NC2=O. The number of rotatable bonds is 3. The predicted octanol–water partition coefficient (Wildman–Crippen LogP) is 2.50. The van der Waals surface area contributed by atoms with Gasteiger partial charge in [0.1, 0.15) is 30.6 Å². The van der Waals surface area contributed by atoms with Crippen LogP contribution in [0.25, 0.3) is 0 Å². The van der Waals surface area contributed by atoms with Gasteiger partial charge in [0.25, 0.3) is 5.91 Å². The Balaban J connectivity index is 1.93. The molecular formula is C17H19ClN6O2. The summed E-state index contributed by atoms with van der Waals surface area (Å²) in [4.78, 5) is 25.8. The normalized spacial score (nSPS) is 18.5. The van der Waals surface area contributed by atoms with Gasteiger partial charge in [0, 0.05) is 6.20 Å². The number of amides is 1. The maximum absolute atomic E-state index is 12.6. The molecule has 136 valence electrons. The van der Waals surface area contributed by atoms with E-state index in [1.54, 1.807) is 18.3 Å². The van der Waals surface area contributed by atoms with Gasteiger partial charge in [-0.2, -0.15) is 0 Å². The highest BCUT2D eigenvalue weighted by Crippen LogP contribution is 2.38. The average Bonchev–Trinajstić information content (AvgIpc) is 2.92. The summed E-state index contributed by atoms with van der Waals surface area (Å²) in [6, 6.07) is 3.41. The van der Waals surface area contributed by atoms with Crippen molar-refractivity contribution in [2.45, 2.75) is 37.8 Å². The van der Waals surface area contributed by atoms with Crippen LogP contribution in [-0.4, -0.2) is 27.6 Å². The topological polar surface area (TPSA) is 93.4 Å². The molecule has 2 aromatic rings. The van der Waals surface area contributed by atoms with Gasteiger partial charge >= 0.3 is 0 Å². The van der Waals surface area contributed by atoms with Crippen LogP contribution in [0.4, 0.5) is 11.5 Å². The molecule has 26 heavy (non-hydrogen) atoms. The summed E-state index contributed by atoms with van der Waals surface area (Å²) >= 11 is 6.47. The highest BCUT2D eigenvalue weighted by Gasteiger charge is 2.45. The average molecular weight is 375 g/mol. The summed E-state index contributed by atoms with van der Waals surface area (Å²) in [6.07, 6.45) is 7.95. The fourth-order valence-electron chi connectivity index (χ4n) is 3.80. The van der Waals surface area contributed by atoms with Crippen molar-refractivity contribution in [2.24, 2.45) is 5.16 Å². The van der Waals surface area contributed by atoms with Crippen molar-refractivity contribution >= 4 is 29.0 Å². The quantitative estimate of drug-likeness (QED) is 0.805. The van der Waals surface area contributed by atoms with Gasteiger partial charge in [-0.3, -0.25) is 9.36 Å². The summed E-state index contributed by atoms with van der Waals surface area (Å²) in [6.45, 7) is 0. The molecule has 1 aliphatic carbocycles. The number of anilines is 2. The molecule has 1 saturated carbocycles. The maximum Gasteiger partial charge on any atom is 0.271 e. The van der Waals surface area contributed by atoms with E-state index < -0.39 is 5.66 Å². The van der Waals surface area contributed by atoms with Gasteiger partial charge in [0.2, 0.25) is 0 Å². The van der Waals surface area contributed by atoms with E-state index in [2.05, 4.69) is 25.8 Å². The Hall–Kier alpha value is -2.61.